The van der Waals surface area contributed by atoms with Crippen molar-refractivity contribution >= 4 is 11.8 Å². The fourth-order valence-corrected chi connectivity index (χ4v) is 7.62. The summed E-state index contributed by atoms with van der Waals surface area (Å²) < 4.78 is 14.1. The Morgan fingerprint density at radius 3 is 2.33 bits per heavy atom. The fourth-order valence-electron chi connectivity index (χ4n) is 7.62. The van der Waals surface area contributed by atoms with Gasteiger partial charge in [-0.15, -0.1) is 0 Å². The summed E-state index contributed by atoms with van der Waals surface area (Å²) in [5, 5.41) is 11.6. The Kier molecular flexibility index (Phi) is 8.91. The van der Waals surface area contributed by atoms with Crippen LogP contribution in [0.25, 0.3) is 0 Å². The van der Waals surface area contributed by atoms with E-state index in [1.807, 2.05) is 47.4 Å². The van der Waals surface area contributed by atoms with Gasteiger partial charge in [0.05, 0.1) is 24.1 Å². The minimum absolute atomic E-state index is 0.0187. The molecule has 1 N–H and O–H groups in total. The number of carbonyl (C=O) groups is 2. The zero-order valence-corrected chi connectivity index (χ0v) is 24.8. The predicted molar refractivity (Wildman–Crippen MR) is 164 cm³/mol. The van der Waals surface area contributed by atoms with Crippen LogP contribution in [0.15, 0.2) is 84.9 Å². The average Bonchev–Trinajstić information content (AvgIpc) is 3.01. The molecule has 2 amide bonds. The first-order valence-electron chi connectivity index (χ1n) is 15.7. The standard InChI is InChI=1S/C36H42FN3O3/c37-31-14-7-11-29(22-31)24-40-34(30-12-5-2-6-13-30)32(41)23-36(35(40)43)17-8-18-38(26-36)25-33(42)39-19-15-28(16-20-39)21-27-9-3-1-4-10-27/h1-7,9-14,22,28,32,34,41H,8,15-21,23-26H2/t32-,34+,36+/m1/s1. The molecule has 0 bridgehead atoms. The molecule has 0 aromatic heterocycles. The molecule has 3 aromatic rings. The number of hydrogen-bond acceptors (Lipinski definition) is 4. The summed E-state index contributed by atoms with van der Waals surface area (Å²) in [6, 6.07) is 26.0. The highest BCUT2D eigenvalue weighted by Crippen LogP contribution is 2.46. The van der Waals surface area contributed by atoms with E-state index < -0.39 is 17.6 Å². The van der Waals surface area contributed by atoms with Crippen LogP contribution in [0.3, 0.4) is 0 Å². The number of nitrogens with zero attached hydrogens (tertiary/aromatic N) is 3. The summed E-state index contributed by atoms with van der Waals surface area (Å²) in [6.45, 7) is 3.25. The molecule has 3 heterocycles. The molecule has 6 rings (SSSR count). The quantitative estimate of drug-likeness (QED) is 0.414. The van der Waals surface area contributed by atoms with Crippen LogP contribution < -0.4 is 0 Å². The van der Waals surface area contributed by atoms with E-state index in [9.17, 15) is 19.1 Å². The molecule has 0 radical (unpaired) electrons. The summed E-state index contributed by atoms with van der Waals surface area (Å²) in [4.78, 5) is 33.7. The fraction of sp³-hybridized carbons (Fsp3) is 0.444. The number of aliphatic hydroxyl groups excluding tert-OH is 1. The molecule has 3 saturated heterocycles. The Morgan fingerprint density at radius 2 is 1.60 bits per heavy atom. The van der Waals surface area contributed by atoms with Gasteiger partial charge >= 0.3 is 0 Å². The van der Waals surface area contributed by atoms with Gasteiger partial charge in [-0.2, -0.15) is 0 Å². The zero-order chi connectivity index (χ0) is 29.8. The van der Waals surface area contributed by atoms with E-state index in [4.69, 9.17) is 0 Å². The SMILES string of the molecule is O=C(CN1CCC[C@]2(C[C@@H](O)[C@H](c3ccccc3)N(Cc3cccc(F)c3)C2=O)C1)N1CCC(Cc2ccccc2)CC1. The van der Waals surface area contributed by atoms with Gasteiger partial charge in [-0.1, -0.05) is 72.8 Å². The maximum atomic E-state index is 14.4. The Hall–Kier alpha value is -3.55. The molecule has 1 spiro atoms. The molecule has 7 heteroatoms. The smallest absolute Gasteiger partial charge is 0.236 e. The summed E-state index contributed by atoms with van der Waals surface area (Å²) >= 11 is 0. The largest absolute Gasteiger partial charge is 0.391 e. The van der Waals surface area contributed by atoms with E-state index in [1.54, 1.807) is 11.0 Å². The minimum Gasteiger partial charge on any atom is -0.391 e. The number of benzene rings is 3. The monoisotopic (exact) mass is 583 g/mol. The Balaban J connectivity index is 1.13. The minimum atomic E-state index is -0.779. The van der Waals surface area contributed by atoms with E-state index in [0.29, 0.717) is 37.4 Å². The number of carbonyl (C=O) groups excluding carboxylic acids is 2. The highest BCUT2D eigenvalue weighted by molar-refractivity contribution is 5.85. The molecule has 3 fully saturated rings. The number of hydrogen-bond donors (Lipinski definition) is 1. The van der Waals surface area contributed by atoms with Crippen molar-refractivity contribution in [2.75, 3.05) is 32.7 Å². The molecule has 226 valence electrons. The van der Waals surface area contributed by atoms with E-state index in [0.717, 1.165) is 50.9 Å². The van der Waals surface area contributed by atoms with Crippen molar-refractivity contribution in [2.24, 2.45) is 11.3 Å². The molecule has 0 unspecified atom stereocenters. The molecule has 6 nitrogen and oxygen atoms in total. The summed E-state index contributed by atoms with van der Waals surface area (Å²) in [5.74, 6) is 0.347. The number of likely N-dealkylation sites (tertiary alicyclic amines) is 3. The van der Waals surface area contributed by atoms with Gasteiger partial charge in [0.25, 0.3) is 0 Å². The van der Waals surface area contributed by atoms with Crippen molar-refractivity contribution in [3.8, 4) is 0 Å². The topological polar surface area (TPSA) is 64.1 Å². The van der Waals surface area contributed by atoms with Crippen molar-refractivity contribution in [1.82, 2.24) is 14.7 Å². The molecule has 3 aliphatic heterocycles. The van der Waals surface area contributed by atoms with Crippen molar-refractivity contribution < 1.29 is 19.1 Å². The second kappa shape index (κ2) is 13.0. The van der Waals surface area contributed by atoms with Crippen molar-refractivity contribution in [2.45, 2.75) is 57.2 Å². The highest BCUT2D eigenvalue weighted by atomic mass is 19.1. The number of aliphatic hydroxyl groups is 1. The molecule has 3 atom stereocenters. The maximum absolute atomic E-state index is 14.4. The van der Waals surface area contributed by atoms with Crippen molar-refractivity contribution in [1.29, 1.82) is 0 Å². The molecular formula is C36H42FN3O3. The zero-order valence-electron chi connectivity index (χ0n) is 24.8. The molecule has 0 saturated carbocycles. The average molecular weight is 584 g/mol. The lowest BCUT2D eigenvalue weighted by molar-refractivity contribution is -0.167. The predicted octanol–water partition coefficient (Wildman–Crippen LogP) is 5.22. The van der Waals surface area contributed by atoms with Crippen LogP contribution in [0.2, 0.25) is 0 Å². The lowest BCUT2D eigenvalue weighted by Gasteiger charge is -2.52. The third kappa shape index (κ3) is 6.68. The normalized spacial score (nSPS) is 25.3. The van der Waals surface area contributed by atoms with Crippen LogP contribution in [0.1, 0.15) is 54.8 Å². The molecule has 3 aliphatic rings. The van der Waals surface area contributed by atoms with Gasteiger partial charge in [0.15, 0.2) is 0 Å². The molecule has 0 aliphatic carbocycles. The number of amides is 2. The first-order valence-corrected chi connectivity index (χ1v) is 15.7. The summed E-state index contributed by atoms with van der Waals surface area (Å²) in [7, 11) is 0. The number of piperidine rings is 3. The van der Waals surface area contributed by atoms with Crippen LogP contribution in [0.4, 0.5) is 4.39 Å². The Morgan fingerprint density at radius 1 is 0.907 bits per heavy atom. The van der Waals surface area contributed by atoms with Crippen molar-refractivity contribution in [3.05, 3.63) is 107 Å². The van der Waals surface area contributed by atoms with Gasteiger partial charge in [-0.05, 0) is 79.8 Å². The second-order valence-corrected chi connectivity index (χ2v) is 12.8. The Bertz CT molecular complexity index is 1400. The first-order chi connectivity index (χ1) is 20.9. The van der Waals surface area contributed by atoms with Crippen molar-refractivity contribution in [3.63, 3.8) is 0 Å². The van der Waals surface area contributed by atoms with Gasteiger partial charge in [-0.3, -0.25) is 14.5 Å². The van der Waals surface area contributed by atoms with E-state index in [1.165, 1.54) is 17.7 Å². The van der Waals surface area contributed by atoms with Gasteiger partial charge in [0.1, 0.15) is 5.82 Å². The summed E-state index contributed by atoms with van der Waals surface area (Å²) in [5.41, 5.74) is 2.13. The van der Waals surface area contributed by atoms with Gasteiger partial charge in [0.2, 0.25) is 11.8 Å². The van der Waals surface area contributed by atoms with Crippen LogP contribution in [0, 0.1) is 17.2 Å². The van der Waals surface area contributed by atoms with E-state index >= 15 is 0 Å². The third-order valence-corrected chi connectivity index (χ3v) is 9.75. The van der Waals surface area contributed by atoms with Gasteiger partial charge < -0.3 is 14.9 Å². The first kappa shape index (κ1) is 29.5. The second-order valence-electron chi connectivity index (χ2n) is 12.8. The van der Waals surface area contributed by atoms with Gasteiger partial charge in [0, 0.05) is 26.2 Å². The van der Waals surface area contributed by atoms with Crippen LogP contribution in [0.5, 0.6) is 0 Å². The lowest BCUT2D eigenvalue weighted by Crippen LogP contribution is -2.61. The highest BCUT2D eigenvalue weighted by Gasteiger charge is 2.53. The molecule has 43 heavy (non-hydrogen) atoms. The molecule has 3 aromatic carbocycles. The Labute approximate surface area is 254 Å². The van der Waals surface area contributed by atoms with Crippen LogP contribution in [-0.2, 0) is 22.6 Å². The van der Waals surface area contributed by atoms with Crippen LogP contribution in [-0.4, -0.2) is 70.4 Å². The van der Waals surface area contributed by atoms with Gasteiger partial charge in [-0.25, -0.2) is 4.39 Å². The number of halogens is 1. The maximum Gasteiger partial charge on any atom is 0.236 e. The van der Waals surface area contributed by atoms with E-state index in [2.05, 4.69) is 29.2 Å². The lowest BCUT2D eigenvalue weighted by atomic mass is 9.69. The third-order valence-electron chi connectivity index (χ3n) is 9.75. The van der Waals surface area contributed by atoms with Crippen LogP contribution >= 0.6 is 0 Å². The summed E-state index contributed by atoms with van der Waals surface area (Å²) in [6.07, 6.45) is 4.09. The number of rotatable bonds is 7. The molecular weight excluding hydrogens is 541 g/mol. The van der Waals surface area contributed by atoms with E-state index in [-0.39, 0.29) is 24.2 Å².